The number of rotatable bonds is 2. The molecule has 98 valence electrons. The highest BCUT2D eigenvalue weighted by Gasteiger charge is 2.56. The van der Waals surface area contributed by atoms with Gasteiger partial charge >= 0.3 is 6.03 Å². The standard InChI is InChI=1S/C12H11N3O4/c1-6-2-4-7(5-3-6)12(8(13)16)9(17)14-11(19)15-10(12)18/h2-5H,1H3,(H2,13,16)(H2,14,15,17,18,19). The van der Waals surface area contributed by atoms with E-state index < -0.39 is 29.2 Å². The molecule has 0 atom stereocenters. The van der Waals surface area contributed by atoms with Crippen LogP contribution in [-0.2, 0) is 19.8 Å². The topological polar surface area (TPSA) is 118 Å². The predicted octanol–water partition coefficient (Wildman–Crippen LogP) is -0.916. The lowest BCUT2D eigenvalue weighted by Gasteiger charge is -2.31. The van der Waals surface area contributed by atoms with E-state index >= 15 is 0 Å². The van der Waals surface area contributed by atoms with E-state index in [0.717, 1.165) is 5.56 Å². The van der Waals surface area contributed by atoms with E-state index in [4.69, 9.17) is 5.73 Å². The summed E-state index contributed by atoms with van der Waals surface area (Å²) >= 11 is 0. The molecule has 7 heteroatoms. The van der Waals surface area contributed by atoms with Crippen molar-refractivity contribution < 1.29 is 19.2 Å². The van der Waals surface area contributed by atoms with Crippen LogP contribution in [0, 0.1) is 6.92 Å². The van der Waals surface area contributed by atoms with Crippen LogP contribution < -0.4 is 16.4 Å². The van der Waals surface area contributed by atoms with Crippen LogP contribution in [0.3, 0.4) is 0 Å². The summed E-state index contributed by atoms with van der Waals surface area (Å²) in [5, 5.41) is 3.77. The van der Waals surface area contributed by atoms with Gasteiger partial charge in [0.1, 0.15) is 0 Å². The molecule has 0 saturated carbocycles. The van der Waals surface area contributed by atoms with Gasteiger partial charge in [-0.2, -0.15) is 0 Å². The van der Waals surface area contributed by atoms with Crippen molar-refractivity contribution in [2.75, 3.05) is 0 Å². The van der Waals surface area contributed by atoms with Gasteiger partial charge in [0.05, 0.1) is 0 Å². The van der Waals surface area contributed by atoms with Crippen molar-refractivity contribution in [3.05, 3.63) is 35.4 Å². The minimum atomic E-state index is -2.22. The van der Waals surface area contributed by atoms with Gasteiger partial charge in [-0.05, 0) is 12.5 Å². The summed E-state index contributed by atoms with van der Waals surface area (Å²) in [5.41, 5.74) is 4.01. The van der Waals surface area contributed by atoms with Crippen molar-refractivity contribution in [3.63, 3.8) is 0 Å². The monoisotopic (exact) mass is 261 g/mol. The SMILES string of the molecule is Cc1ccc(C2(C(N)=O)C(=O)NC(=O)NC2=O)cc1. The predicted molar refractivity (Wildman–Crippen MR) is 63.7 cm³/mol. The molecular weight excluding hydrogens is 250 g/mol. The molecule has 0 aliphatic carbocycles. The third kappa shape index (κ3) is 1.75. The summed E-state index contributed by atoms with van der Waals surface area (Å²) in [6.45, 7) is 1.81. The second kappa shape index (κ2) is 4.20. The van der Waals surface area contributed by atoms with Crippen molar-refractivity contribution in [1.82, 2.24) is 10.6 Å². The maximum Gasteiger partial charge on any atom is 0.328 e. The lowest BCUT2D eigenvalue weighted by molar-refractivity contribution is -0.145. The molecule has 0 aromatic heterocycles. The zero-order valence-electron chi connectivity index (χ0n) is 10.0. The number of amides is 5. The minimum Gasteiger partial charge on any atom is -0.368 e. The number of nitrogens with two attached hydrogens (primary N) is 1. The Kier molecular flexibility index (Phi) is 2.82. The second-order valence-electron chi connectivity index (χ2n) is 4.22. The summed E-state index contributed by atoms with van der Waals surface area (Å²) in [5.74, 6) is -3.23. The molecule has 1 fully saturated rings. The number of primary amides is 1. The van der Waals surface area contributed by atoms with E-state index in [0.29, 0.717) is 0 Å². The van der Waals surface area contributed by atoms with Gasteiger partial charge in [0, 0.05) is 0 Å². The van der Waals surface area contributed by atoms with Crippen LogP contribution in [0.15, 0.2) is 24.3 Å². The molecular formula is C12H11N3O4. The van der Waals surface area contributed by atoms with Crippen molar-refractivity contribution in [1.29, 1.82) is 0 Å². The summed E-state index contributed by atoms with van der Waals surface area (Å²) < 4.78 is 0. The fourth-order valence-corrected chi connectivity index (χ4v) is 1.96. The summed E-state index contributed by atoms with van der Waals surface area (Å²) in [6, 6.07) is 5.21. The van der Waals surface area contributed by atoms with E-state index in [1.165, 1.54) is 12.1 Å². The first kappa shape index (κ1) is 12.7. The zero-order valence-corrected chi connectivity index (χ0v) is 10.0. The average molecular weight is 261 g/mol. The van der Waals surface area contributed by atoms with Gasteiger partial charge < -0.3 is 5.73 Å². The smallest absolute Gasteiger partial charge is 0.328 e. The molecule has 0 radical (unpaired) electrons. The zero-order chi connectivity index (χ0) is 14.2. The Morgan fingerprint density at radius 1 is 1.05 bits per heavy atom. The molecule has 0 unspecified atom stereocenters. The highest BCUT2D eigenvalue weighted by molar-refractivity contribution is 6.34. The van der Waals surface area contributed by atoms with Crippen LogP contribution >= 0.6 is 0 Å². The minimum absolute atomic E-state index is 0.119. The Bertz CT molecular complexity index is 571. The van der Waals surface area contributed by atoms with Crippen LogP contribution in [-0.4, -0.2) is 23.8 Å². The average Bonchev–Trinajstić information content (AvgIpc) is 2.30. The summed E-state index contributed by atoms with van der Waals surface area (Å²) in [4.78, 5) is 46.7. The van der Waals surface area contributed by atoms with Gasteiger partial charge in [0.15, 0.2) is 0 Å². The van der Waals surface area contributed by atoms with E-state index in [2.05, 4.69) is 0 Å². The number of imide groups is 2. The first-order valence-electron chi connectivity index (χ1n) is 5.43. The van der Waals surface area contributed by atoms with E-state index in [1.54, 1.807) is 12.1 Å². The maximum atomic E-state index is 12.0. The Hall–Kier alpha value is -2.70. The van der Waals surface area contributed by atoms with Gasteiger partial charge in [-0.1, -0.05) is 29.8 Å². The molecule has 5 amide bonds. The molecule has 1 aromatic rings. The van der Waals surface area contributed by atoms with Crippen molar-refractivity contribution >= 4 is 23.8 Å². The van der Waals surface area contributed by atoms with Gasteiger partial charge in [-0.25, -0.2) is 4.79 Å². The van der Waals surface area contributed by atoms with Crippen LogP contribution in [0.25, 0.3) is 0 Å². The van der Waals surface area contributed by atoms with Gasteiger partial charge in [0.2, 0.25) is 11.3 Å². The molecule has 1 saturated heterocycles. The fourth-order valence-electron chi connectivity index (χ4n) is 1.96. The number of urea groups is 1. The number of benzene rings is 1. The van der Waals surface area contributed by atoms with E-state index in [9.17, 15) is 19.2 Å². The molecule has 7 nitrogen and oxygen atoms in total. The number of aryl methyl sites for hydroxylation is 1. The molecule has 1 aliphatic rings. The summed E-state index contributed by atoms with van der Waals surface area (Å²) in [6.07, 6.45) is 0. The Morgan fingerprint density at radius 3 is 1.95 bits per heavy atom. The van der Waals surface area contributed by atoms with Crippen molar-refractivity contribution in [2.45, 2.75) is 12.3 Å². The van der Waals surface area contributed by atoms with E-state index in [-0.39, 0.29) is 5.56 Å². The molecule has 19 heavy (non-hydrogen) atoms. The quantitative estimate of drug-likeness (QED) is 0.597. The highest BCUT2D eigenvalue weighted by Crippen LogP contribution is 2.27. The Balaban J connectivity index is 2.64. The Morgan fingerprint density at radius 2 is 1.53 bits per heavy atom. The third-order valence-corrected chi connectivity index (χ3v) is 2.99. The maximum absolute atomic E-state index is 12.0. The van der Waals surface area contributed by atoms with Crippen LogP contribution in [0.5, 0.6) is 0 Å². The third-order valence-electron chi connectivity index (χ3n) is 2.99. The van der Waals surface area contributed by atoms with Crippen LogP contribution in [0.1, 0.15) is 11.1 Å². The number of carbonyl (C=O) groups excluding carboxylic acids is 4. The van der Waals surface area contributed by atoms with Crippen molar-refractivity contribution in [2.24, 2.45) is 5.73 Å². The van der Waals surface area contributed by atoms with Gasteiger partial charge in [-0.3, -0.25) is 25.0 Å². The van der Waals surface area contributed by atoms with Crippen LogP contribution in [0.2, 0.25) is 0 Å². The number of barbiturate groups is 1. The first-order valence-corrected chi connectivity index (χ1v) is 5.43. The fraction of sp³-hybridized carbons (Fsp3) is 0.167. The first-order chi connectivity index (χ1) is 8.88. The number of carbonyl (C=O) groups is 4. The molecule has 1 heterocycles. The molecule has 2 rings (SSSR count). The number of hydrogen-bond acceptors (Lipinski definition) is 4. The van der Waals surface area contributed by atoms with Crippen molar-refractivity contribution in [3.8, 4) is 0 Å². The molecule has 1 aromatic carbocycles. The number of nitrogens with one attached hydrogen (secondary N) is 2. The normalized spacial score (nSPS) is 17.6. The molecule has 4 N–H and O–H groups in total. The highest BCUT2D eigenvalue weighted by atomic mass is 16.2. The lowest BCUT2D eigenvalue weighted by Crippen LogP contribution is -2.69. The number of hydrogen-bond donors (Lipinski definition) is 3. The molecule has 1 aliphatic heterocycles. The second-order valence-corrected chi connectivity index (χ2v) is 4.22. The molecule has 0 spiro atoms. The summed E-state index contributed by atoms with van der Waals surface area (Å²) in [7, 11) is 0. The van der Waals surface area contributed by atoms with Gasteiger partial charge in [-0.15, -0.1) is 0 Å². The van der Waals surface area contributed by atoms with Gasteiger partial charge in [0.25, 0.3) is 11.8 Å². The van der Waals surface area contributed by atoms with Crippen LogP contribution in [0.4, 0.5) is 4.79 Å². The Labute approximate surface area is 108 Å². The van der Waals surface area contributed by atoms with E-state index in [1.807, 2.05) is 17.6 Å². The lowest BCUT2D eigenvalue weighted by atomic mass is 9.76. The molecule has 0 bridgehead atoms. The largest absolute Gasteiger partial charge is 0.368 e.